The Labute approximate surface area is 203 Å². The van der Waals surface area contributed by atoms with Crippen molar-refractivity contribution in [3.05, 3.63) is 30.2 Å². The number of aromatic nitrogens is 6. The predicted molar refractivity (Wildman–Crippen MR) is 125 cm³/mol. The minimum atomic E-state index is -2.66. The number of anilines is 1. The number of ether oxygens (including phenoxy) is 1. The van der Waals surface area contributed by atoms with Crippen molar-refractivity contribution in [2.24, 2.45) is 5.92 Å². The number of nitrogens with zero attached hydrogens (tertiary/aromatic N) is 6. The van der Waals surface area contributed by atoms with Crippen LogP contribution >= 0.6 is 0 Å². The molecule has 190 valence electrons. The second-order valence-corrected chi connectivity index (χ2v) is 9.35. The summed E-state index contributed by atoms with van der Waals surface area (Å²) < 4.78 is 48.7. The Morgan fingerprint density at radius 1 is 1.33 bits per heavy atom. The number of carbonyl (C=O) groups excluding carboxylic acids is 1. The smallest absolute Gasteiger partial charge is 0.258 e. The molecule has 1 saturated carbocycles. The van der Waals surface area contributed by atoms with E-state index in [2.05, 4.69) is 31.0 Å². The molecule has 3 heterocycles. The zero-order chi connectivity index (χ0) is 25.6. The van der Waals surface area contributed by atoms with E-state index >= 15 is 0 Å². The van der Waals surface area contributed by atoms with Gasteiger partial charge in [-0.05, 0) is 49.4 Å². The summed E-state index contributed by atoms with van der Waals surface area (Å²) >= 11 is 0. The SMILES string of the molecule is COc1nc(NCC2CC(C)(NC(C)=O)C2)nn2ccc(-c3cc(F)c4nnn(CC(F)F)c4c3)c12. The lowest BCUT2D eigenvalue weighted by Crippen LogP contribution is -2.55. The Bertz CT molecular complexity index is 1440. The maximum Gasteiger partial charge on any atom is 0.258 e. The summed E-state index contributed by atoms with van der Waals surface area (Å²) in [6.07, 6.45) is 0.721. The molecule has 0 aliphatic heterocycles. The minimum absolute atomic E-state index is 0.0420. The summed E-state index contributed by atoms with van der Waals surface area (Å²) in [5.74, 6) is 0.264. The van der Waals surface area contributed by atoms with Crippen molar-refractivity contribution in [3.63, 3.8) is 0 Å². The van der Waals surface area contributed by atoms with Crippen LogP contribution in [0.15, 0.2) is 24.4 Å². The molecule has 0 atom stereocenters. The highest BCUT2D eigenvalue weighted by molar-refractivity contribution is 5.89. The zero-order valence-corrected chi connectivity index (χ0v) is 19.9. The van der Waals surface area contributed by atoms with E-state index in [0.717, 1.165) is 17.5 Å². The number of hydrogen-bond acceptors (Lipinski definition) is 7. The van der Waals surface area contributed by atoms with Gasteiger partial charge in [0.2, 0.25) is 17.7 Å². The van der Waals surface area contributed by atoms with Gasteiger partial charge < -0.3 is 15.4 Å². The Kier molecular flexibility index (Phi) is 5.92. The highest BCUT2D eigenvalue weighted by Gasteiger charge is 2.40. The fourth-order valence-corrected chi connectivity index (χ4v) is 5.01. The number of amides is 1. The average molecular weight is 503 g/mol. The first kappa shape index (κ1) is 23.8. The number of fused-ring (bicyclic) bond motifs is 2. The highest BCUT2D eigenvalue weighted by atomic mass is 19.3. The molecule has 10 nitrogen and oxygen atoms in total. The summed E-state index contributed by atoms with van der Waals surface area (Å²) in [5, 5.41) is 18.0. The van der Waals surface area contributed by atoms with Crippen LogP contribution in [0.25, 0.3) is 27.7 Å². The minimum Gasteiger partial charge on any atom is -0.479 e. The highest BCUT2D eigenvalue weighted by Crippen LogP contribution is 2.38. The van der Waals surface area contributed by atoms with Gasteiger partial charge in [-0.3, -0.25) is 4.79 Å². The van der Waals surface area contributed by atoms with Crippen LogP contribution in [-0.4, -0.2) is 61.1 Å². The van der Waals surface area contributed by atoms with Crippen LogP contribution in [0.3, 0.4) is 0 Å². The van der Waals surface area contributed by atoms with Gasteiger partial charge in [-0.1, -0.05) is 5.21 Å². The lowest BCUT2D eigenvalue weighted by molar-refractivity contribution is -0.122. The summed E-state index contributed by atoms with van der Waals surface area (Å²) in [6.45, 7) is 3.47. The molecule has 3 aromatic heterocycles. The van der Waals surface area contributed by atoms with Crippen LogP contribution in [0.2, 0.25) is 0 Å². The van der Waals surface area contributed by atoms with E-state index < -0.39 is 18.8 Å². The van der Waals surface area contributed by atoms with Crippen LogP contribution in [0.4, 0.5) is 19.1 Å². The standard InChI is InChI=1S/C23H25F3N8O2/c1-12(35)29-23(2)8-13(9-23)10-27-22-28-21(36-3)20-15(4-5-33(20)31-22)14-6-16(24)19-17(7-14)34(32-30-19)11-18(25)26/h4-7,13,18H,8-11H2,1-3H3,(H,27,31)(H,29,35). The van der Waals surface area contributed by atoms with Gasteiger partial charge in [-0.15, -0.1) is 10.2 Å². The number of hydrogen-bond donors (Lipinski definition) is 2. The number of methoxy groups -OCH3 is 1. The van der Waals surface area contributed by atoms with Crippen LogP contribution in [0.1, 0.15) is 26.7 Å². The quantitative estimate of drug-likeness (QED) is 0.380. The number of rotatable bonds is 8. The Morgan fingerprint density at radius 3 is 2.81 bits per heavy atom. The van der Waals surface area contributed by atoms with E-state index in [0.29, 0.717) is 35.1 Å². The van der Waals surface area contributed by atoms with Crippen molar-refractivity contribution in [1.82, 2.24) is 34.9 Å². The van der Waals surface area contributed by atoms with E-state index in [1.165, 1.54) is 20.1 Å². The first-order valence-corrected chi connectivity index (χ1v) is 11.4. The van der Waals surface area contributed by atoms with Crippen molar-refractivity contribution in [2.45, 2.75) is 45.2 Å². The topological polar surface area (TPSA) is 111 Å². The molecule has 0 spiro atoms. The molecule has 0 unspecified atom stereocenters. The van der Waals surface area contributed by atoms with Crippen molar-refractivity contribution >= 4 is 28.4 Å². The fraction of sp³-hybridized carbons (Fsp3) is 0.435. The molecular formula is C23H25F3N8O2. The van der Waals surface area contributed by atoms with Gasteiger partial charge >= 0.3 is 0 Å². The fourth-order valence-electron chi connectivity index (χ4n) is 5.01. The number of halogens is 3. The zero-order valence-electron chi connectivity index (χ0n) is 19.9. The molecule has 2 N–H and O–H groups in total. The first-order valence-electron chi connectivity index (χ1n) is 11.4. The van der Waals surface area contributed by atoms with Gasteiger partial charge in [-0.2, -0.15) is 4.98 Å². The van der Waals surface area contributed by atoms with E-state index in [1.807, 2.05) is 6.92 Å². The van der Waals surface area contributed by atoms with Gasteiger partial charge in [0.1, 0.15) is 17.6 Å². The number of nitrogens with one attached hydrogen (secondary N) is 2. The largest absolute Gasteiger partial charge is 0.479 e. The number of alkyl halides is 2. The normalized spacial score (nSPS) is 19.6. The molecule has 5 rings (SSSR count). The van der Waals surface area contributed by atoms with Crippen molar-refractivity contribution < 1.29 is 22.7 Å². The molecule has 1 aromatic carbocycles. The molecule has 1 fully saturated rings. The van der Waals surface area contributed by atoms with Gasteiger partial charge in [0.05, 0.1) is 12.6 Å². The molecule has 1 aliphatic carbocycles. The molecule has 4 aromatic rings. The Hall–Kier alpha value is -3.90. The molecule has 1 aliphatic rings. The molecule has 0 radical (unpaired) electrons. The molecule has 13 heteroatoms. The maximum atomic E-state index is 14.8. The third-order valence-corrected chi connectivity index (χ3v) is 6.37. The maximum absolute atomic E-state index is 14.8. The first-order chi connectivity index (χ1) is 17.2. The van der Waals surface area contributed by atoms with Gasteiger partial charge in [-0.25, -0.2) is 22.4 Å². The second kappa shape index (κ2) is 8.95. The van der Waals surface area contributed by atoms with Gasteiger partial charge in [0, 0.05) is 30.8 Å². The lowest BCUT2D eigenvalue weighted by Gasteiger charge is -2.45. The Morgan fingerprint density at radius 2 is 2.11 bits per heavy atom. The monoisotopic (exact) mass is 502 g/mol. The third kappa shape index (κ3) is 4.40. The average Bonchev–Trinajstić information content (AvgIpc) is 3.39. The van der Waals surface area contributed by atoms with Gasteiger partial charge in [0.15, 0.2) is 5.82 Å². The summed E-state index contributed by atoms with van der Waals surface area (Å²) in [6, 6.07) is 4.56. The van der Waals surface area contributed by atoms with E-state index in [-0.39, 0.29) is 28.4 Å². The van der Waals surface area contributed by atoms with Crippen LogP contribution < -0.4 is 15.4 Å². The lowest BCUT2D eigenvalue weighted by atomic mass is 9.69. The summed E-state index contributed by atoms with van der Waals surface area (Å²) in [5.41, 5.74) is 1.38. The molecule has 1 amide bonds. The molecule has 36 heavy (non-hydrogen) atoms. The molecule has 0 bridgehead atoms. The van der Waals surface area contributed by atoms with Crippen molar-refractivity contribution in [1.29, 1.82) is 0 Å². The van der Waals surface area contributed by atoms with Crippen molar-refractivity contribution in [3.8, 4) is 17.0 Å². The molecule has 0 saturated heterocycles. The number of benzene rings is 1. The van der Waals surface area contributed by atoms with Gasteiger partial charge in [0.25, 0.3) is 6.43 Å². The number of carbonyl (C=O) groups is 1. The van der Waals surface area contributed by atoms with Crippen LogP contribution in [0.5, 0.6) is 5.88 Å². The van der Waals surface area contributed by atoms with E-state index in [9.17, 15) is 18.0 Å². The Balaban J connectivity index is 1.42. The van der Waals surface area contributed by atoms with E-state index in [1.54, 1.807) is 22.8 Å². The summed E-state index contributed by atoms with van der Waals surface area (Å²) in [7, 11) is 1.47. The second-order valence-electron chi connectivity index (χ2n) is 9.35. The summed E-state index contributed by atoms with van der Waals surface area (Å²) in [4.78, 5) is 15.8. The predicted octanol–water partition coefficient (Wildman–Crippen LogP) is 3.27. The third-order valence-electron chi connectivity index (χ3n) is 6.37. The van der Waals surface area contributed by atoms with Crippen LogP contribution in [-0.2, 0) is 11.3 Å². The molecular weight excluding hydrogens is 477 g/mol. The van der Waals surface area contributed by atoms with E-state index in [4.69, 9.17) is 4.74 Å². The van der Waals surface area contributed by atoms with Crippen LogP contribution in [0, 0.1) is 11.7 Å². The van der Waals surface area contributed by atoms with Crippen molar-refractivity contribution in [2.75, 3.05) is 19.0 Å².